The Hall–Kier alpha value is -1.14. The highest BCUT2D eigenvalue weighted by Crippen LogP contribution is 2.37. The summed E-state index contributed by atoms with van der Waals surface area (Å²) in [5.74, 6) is 0.996. The lowest BCUT2D eigenvalue weighted by Crippen LogP contribution is -2.26. The van der Waals surface area contributed by atoms with Gasteiger partial charge in [-0.2, -0.15) is 0 Å². The Morgan fingerprint density at radius 3 is 2.84 bits per heavy atom. The Kier molecular flexibility index (Phi) is 4.75. The van der Waals surface area contributed by atoms with Gasteiger partial charge in [0.2, 0.25) is 0 Å². The van der Waals surface area contributed by atoms with Gasteiger partial charge in [0.25, 0.3) is 5.56 Å². The van der Waals surface area contributed by atoms with Gasteiger partial charge in [0.05, 0.1) is 10.6 Å². The van der Waals surface area contributed by atoms with Crippen LogP contribution in [0.1, 0.15) is 56.4 Å². The van der Waals surface area contributed by atoms with Crippen molar-refractivity contribution in [3.63, 3.8) is 0 Å². The van der Waals surface area contributed by atoms with Gasteiger partial charge in [-0.15, -0.1) is 11.3 Å². The number of nitrogens with zero attached hydrogens (tertiary/aromatic N) is 2. The quantitative estimate of drug-likeness (QED) is 0.753. The maximum atomic E-state index is 13.1. The number of aromatic nitrogens is 2. The lowest BCUT2D eigenvalue weighted by atomic mass is 9.89. The second-order valence-corrected chi connectivity index (χ2v) is 9.55. The van der Waals surface area contributed by atoms with Crippen LogP contribution < -0.4 is 5.56 Å². The first-order chi connectivity index (χ1) is 12.1. The van der Waals surface area contributed by atoms with Crippen LogP contribution in [-0.4, -0.2) is 20.6 Å². The minimum absolute atomic E-state index is 0.0366. The van der Waals surface area contributed by atoms with Crippen LogP contribution in [0.5, 0.6) is 0 Å². The maximum Gasteiger partial charge on any atom is 0.263 e. The van der Waals surface area contributed by atoms with Crippen LogP contribution in [0.3, 0.4) is 0 Å². The summed E-state index contributed by atoms with van der Waals surface area (Å²) < 4.78 is 1.78. The Bertz CT molecular complexity index is 884. The molecule has 4 rings (SSSR count). The molecule has 0 aliphatic heterocycles. The number of thiophene rings is 1. The first-order valence-corrected chi connectivity index (χ1v) is 11.0. The number of fused-ring (bicyclic) bond motifs is 3. The zero-order valence-corrected chi connectivity index (χ0v) is 16.5. The Balaban J connectivity index is 1.80. The van der Waals surface area contributed by atoms with E-state index in [0.717, 1.165) is 53.9 Å². The van der Waals surface area contributed by atoms with Gasteiger partial charge in [-0.25, -0.2) is 4.98 Å². The van der Waals surface area contributed by atoms with Gasteiger partial charge in [0, 0.05) is 17.8 Å². The third-order valence-corrected chi connectivity index (χ3v) is 7.90. The number of Topliss-reactive ketones (excluding diaryl/α,β-unsaturated/α-hetero) is 1. The zero-order valence-electron chi connectivity index (χ0n) is 14.8. The SMILES string of the molecule is CCn1c(S[C@@H]2CCCCC2=O)nc2sc3c(c2c1=O)CC[C@H](C)C3. The third kappa shape index (κ3) is 3.08. The number of hydrogen-bond donors (Lipinski definition) is 0. The molecule has 1 saturated carbocycles. The standard InChI is InChI=1S/C19H24N2O2S2/c1-3-21-18(23)16-12-9-8-11(2)10-15(12)24-17(16)20-19(21)25-14-7-5-4-6-13(14)22/h11,14H,3-10H2,1-2H3/t11-,14+/m0/s1. The zero-order chi connectivity index (χ0) is 17.6. The molecule has 25 heavy (non-hydrogen) atoms. The van der Waals surface area contributed by atoms with Crippen LogP contribution >= 0.6 is 23.1 Å². The van der Waals surface area contributed by atoms with Gasteiger partial charge < -0.3 is 0 Å². The summed E-state index contributed by atoms with van der Waals surface area (Å²) in [5, 5.41) is 1.53. The first-order valence-electron chi connectivity index (χ1n) is 9.33. The second-order valence-electron chi connectivity index (χ2n) is 7.29. The van der Waals surface area contributed by atoms with E-state index in [-0.39, 0.29) is 10.8 Å². The molecule has 0 unspecified atom stereocenters. The average Bonchev–Trinajstić information content (AvgIpc) is 2.94. The Labute approximate surface area is 156 Å². The first kappa shape index (κ1) is 17.3. The van der Waals surface area contributed by atoms with Crippen LogP contribution in [0, 0.1) is 5.92 Å². The van der Waals surface area contributed by atoms with Crippen LogP contribution in [0.25, 0.3) is 10.2 Å². The van der Waals surface area contributed by atoms with E-state index in [1.54, 1.807) is 15.9 Å². The molecular weight excluding hydrogens is 352 g/mol. The molecule has 2 aromatic rings. The molecule has 0 N–H and O–H groups in total. The van der Waals surface area contributed by atoms with Crippen molar-refractivity contribution in [3.8, 4) is 0 Å². The number of carbonyl (C=O) groups is 1. The van der Waals surface area contributed by atoms with E-state index in [2.05, 4.69) is 6.92 Å². The highest BCUT2D eigenvalue weighted by atomic mass is 32.2. The largest absolute Gasteiger partial charge is 0.298 e. The van der Waals surface area contributed by atoms with Crippen LogP contribution in [0.15, 0.2) is 9.95 Å². The van der Waals surface area contributed by atoms with Gasteiger partial charge in [0.15, 0.2) is 5.16 Å². The average molecular weight is 377 g/mol. The minimum atomic E-state index is -0.0366. The fourth-order valence-corrected chi connectivity index (χ4v) is 6.68. The topological polar surface area (TPSA) is 52.0 Å². The highest BCUT2D eigenvalue weighted by Gasteiger charge is 2.28. The molecule has 0 amide bonds. The van der Waals surface area contributed by atoms with Crippen LogP contribution in [0.4, 0.5) is 0 Å². The molecule has 0 aromatic carbocycles. The van der Waals surface area contributed by atoms with E-state index in [4.69, 9.17) is 4.98 Å². The maximum absolute atomic E-state index is 13.1. The molecule has 1 fully saturated rings. The smallest absolute Gasteiger partial charge is 0.263 e. The van der Waals surface area contributed by atoms with Gasteiger partial charge in [-0.1, -0.05) is 25.1 Å². The monoisotopic (exact) mass is 376 g/mol. The van der Waals surface area contributed by atoms with Crippen molar-refractivity contribution in [3.05, 3.63) is 20.8 Å². The number of thioether (sulfide) groups is 1. The molecule has 0 radical (unpaired) electrons. The van der Waals surface area contributed by atoms with Crippen molar-refractivity contribution >= 4 is 39.1 Å². The number of rotatable bonds is 3. The lowest BCUT2D eigenvalue weighted by molar-refractivity contribution is -0.119. The summed E-state index contributed by atoms with van der Waals surface area (Å²) in [6, 6.07) is 0. The molecule has 0 spiro atoms. The predicted molar refractivity (Wildman–Crippen MR) is 104 cm³/mol. The molecule has 6 heteroatoms. The molecule has 2 atom stereocenters. The van der Waals surface area contributed by atoms with E-state index in [1.165, 1.54) is 22.2 Å². The van der Waals surface area contributed by atoms with E-state index < -0.39 is 0 Å². The van der Waals surface area contributed by atoms with Crippen molar-refractivity contribution < 1.29 is 4.79 Å². The fourth-order valence-electron chi connectivity index (χ4n) is 3.98. The van der Waals surface area contributed by atoms with Gasteiger partial charge in [-0.05, 0) is 50.5 Å². The van der Waals surface area contributed by atoms with E-state index >= 15 is 0 Å². The van der Waals surface area contributed by atoms with Crippen LogP contribution in [-0.2, 0) is 24.2 Å². The van der Waals surface area contributed by atoms with E-state index in [1.807, 2.05) is 6.92 Å². The highest BCUT2D eigenvalue weighted by molar-refractivity contribution is 8.00. The number of carbonyl (C=O) groups excluding carboxylic acids is 1. The normalized spacial score (nSPS) is 23.8. The summed E-state index contributed by atoms with van der Waals surface area (Å²) >= 11 is 3.20. The summed E-state index contributed by atoms with van der Waals surface area (Å²) in [5.41, 5.74) is 1.33. The lowest BCUT2D eigenvalue weighted by Gasteiger charge is -2.21. The summed E-state index contributed by atoms with van der Waals surface area (Å²) in [7, 11) is 0. The molecule has 134 valence electrons. The second kappa shape index (κ2) is 6.88. The Morgan fingerprint density at radius 1 is 1.24 bits per heavy atom. The summed E-state index contributed by atoms with van der Waals surface area (Å²) in [6.07, 6.45) is 6.86. The number of hydrogen-bond acceptors (Lipinski definition) is 5. The van der Waals surface area contributed by atoms with Gasteiger partial charge in [-0.3, -0.25) is 14.2 Å². The van der Waals surface area contributed by atoms with Gasteiger partial charge in [0.1, 0.15) is 10.6 Å². The third-order valence-electron chi connectivity index (χ3n) is 5.44. The molecule has 2 aliphatic carbocycles. The Morgan fingerprint density at radius 2 is 2.08 bits per heavy atom. The van der Waals surface area contributed by atoms with Crippen molar-refractivity contribution in [2.24, 2.45) is 5.92 Å². The van der Waals surface area contributed by atoms with Crippen LogP contribution in [0.2, 0.25) is 0 Å². The molecule has 4 nitrogen and oxygen atoms in total. The summed E-state index contributed by atoms with van der Waals surface area (Å²) in [4.78, 5) is 32.4. The number of ketones is 1. The molecule has 2 aromatic heterocycles. The molecule has 2 heterocycles. The van der Waals surface area contributed by atoms with Crippen molar-refractivity contribution in [2.75, 3.05) is 0 Å². The molecule has 2 aliphatic rings. The minimum Gasteiger partial charge on any atom is -0.298 e. The fraction of sp³-hybridized carbons (Fsp3) is 0.632. The van der Waals surface area contributed by atoms with Crippen molar-refractivity contribution in [1.29, 1.82) is 0 Å². The van der Waals surface area contributed by atoms with E-state index in [9.17, 15) is 9.59 Å². The predicted octanol–water partition coefficient (Wildman–Crippen LogP) is 4.21. The van der Waals surface area contributed by atoms with Crippen molar-refractivity contribution in [2.45, 2.75) is 75.7 Å². The molecule has 0 bridgehead atoms. The summed E-state index contributed by atoms with van der Waals surface area (Å²) in [6.45, 7) is 4.87. The molecular formula is C19H24N2O2S2. The van der Waals surface area contributed by atoms with Gasteiger partial charge >= 0.3 is 0 Å². The van der Waals surface area contributed by atoms with E-state index in [0.29, 0.717) is 24.7 Å². The van der Waals surface area contributed by atoms with Crippen molar-refractivity contribution in [1.82, 2.24) is 9.55 Å². The molecule has 0 saturated heterocycles. The number of aryl methyl sites for hydroxylation is 1.